The monoisotopic (exact) mass is 413 g/mol. The second-order valence-electron chi connectivity index (χ2n) is 8.36. The molecule has 158 valence electrons. The summed E-state index contributed by atoms with van der Waals surface area (Å²) in [5, 5.41) is 0. The SMILES string of the molecule is Cc1nc2ccccn2c1C(=O)N(Cc1ncc[nH]1)C1CCC(c2ccccc2)CC1. The zero-order valence-corrected chi connectivity index (χ0v) is 17.7. The van der Waals surface area contributed by atoms with E-state index >= 15 is 0 Å². The van der Waals surface area contributed by atoms with Gasteiger partial charge in [-0.25, -0.2) is 9.97 Å². The van der Waals surface area contributed by atoms with Gasteiger partial charge in [0, 0.05) is 24.6 Å². The van der Waals surface area contributed by atoms with Gasteiger partial charge < -0.3 is 9.88 Å². The lowest BCUT2D eigenvalue weighted by atomic mass is 9.81. The van der Waals surface area contributed by atoms with Crippen molar-refractivity contribution in [3.8, 4) is 0 Å². The number of fused-ring (bicyclic) bond motifs is 1. The first-order valence-corrected chi connectivity index (χ1v) is 11.0. The highest BCUT2D eigenvalue weighted by Crippen LogP contribution is 2.35. The summed E-state index contributed by atoms with van der Waals surface area (Å²) < 4.78 is 1.91. The van der Waals surface area contributed by atoms with Gasteiger partial charge in [0.2, 0.25) is 0 Å². The minimum absolute atomic E-state index is 0.0239. The normalized spacial score (nSPS) is 18.9. The average Bonchev–Trinajstić information content (AvgIpc) is 3.44. The van der Waals surface area contributed by atoms with Crippen molar-refractivity contribution >= 4 is 11.6 Å². The molecule has 0 atom stereocenters. The predicted octanol–water partition coefficient (Wildman–Crippen LogP) is 4.73. The first-order valence-electron chi connectivity index (χ1n) is 11.0. The lowest BCUT2D eigenvalue weighted by molar-refractivity contribution is 0.0591. The van der Waals surface area contributed by atoms with Crippen molar-refractivity contribution in [2.45, 2.75) is 51.1 Å². The zero-order chi connectivity index (χ0) is 21.2. The number of benzene rings is 1. The van der Waals surface area contributed by atoms with E-state index in [1.165, 1.54) is 5.56 Å². The molecule has 3 heterocycles. The number of carbonyl (C=O) groups is 1. The summed E-state index contributed by atoms with van der Waals surface area (Å²) >= 11 is 0. The highest BCUT2D eigenvalue weighted by atomic mass is 16.2. The van der Waals surface area contributed by atoms with Gasteiger partial charge in [-0.2, -0.15) is 0 Å². The van der Waals surface area contributed by atoms with Crippen molar-refractivity contribution in [1.82, 2.24) is 24.3 Å². The van der Waals surface area contributed by atoms with Gasteiger partial charge in [0.25, 0.3) is 5.91 Å². The Morgan fingerprint density at radius 1 is 1.10 bits per heavy atom. The van der Waals surface area contributed by atoms with Crippen LogP contribution in [0.5, 0.6) is 0 Å². The highest BCUT2D eigenvalue weighted by molar-refractivity contribution is 5.94. The van der Waals surface area contributed by atoms with Crippen molar-refractivity contribution < 1.29 is 4.79 Å². The molecule has 5 rings (SSSR count). The molecule has 0 radical (unpaired) electrons. The van der Waals surface area contributed by atoms with Gasteiger partial charge in [-0.1, -0.05) is 36.4 Å². The van der Waals surface area contributed by atoms with Crippen LogP contribution in [0.15, 0.2) is 67.1 Å². The molecule has 4 aromatic rings. The summed E-state index contributed by atoms with van der Waals surface area (Å²) in [6.07, 6.45) is 9.61. The zero-order valence-electron chi connectivity index (χ0n) is 17.7. The molecule has 3 aromatic heterocycles. The Labute approximate surface area is 182 Å². The molecule has 1 aliphatic carbocycles. The van der Waals surface area contributed by atoms with Crippen LogP contribution in [0.3, 0.4) is 0 Å². The van der Waals surface area contributed by atoms with Crippen LogP contribution in [0.1, 0.15) is 59.2 Å². The van der Waals surface area contributed by atoms with Crippen LogP contribution in [0.4, 0.5) is 0 Å². The van der Waals surface area contributed by atoms with Crippen LogP contribution >= 0.6 is 0 Å². The standard InChI is InChI=1S/C25H27N5O/c1-18-24(29-16-6-5-9-23(29)28-18)25(31)30(17-22-26-14-15-27-22)21-12-10-20(11-13-21)19-7-3-2-4-8-19/h2-9,14-16,20-21H,10-13,17H2,1H3,(H,26,27). The molecular weight excluding hydrogens is 386 g/mol. The van der Waals surface area contributed by atoms with Gasteiger partial charge in [0.05, 0.1) is 12.2 Å². The van der Waals surface area contributed by atoms with Crippen LogP contribution < -0.4 is 0 Å². The summed E-state index contributed by atoms with van der Waals surface area (Å²) in [6.45, 7) is 2.39. The van der Waals surface area contributed by atoms with Gasteiger partial charge in [-0.3, -0.25) is 9.20 Å². The molecule has 0 saturated heterocycles. The Kier molecular flexibility index (Phi) is 5.28. The van der Waals surface area contributed by atoms with Gasteiger partial charge in [0.15, 0.2) is 0 Å². The molecule has 0 unspecified atom stereocenters. The van der Waals surface area contributed by atoms with E-state index in [1.54, 1.807) is 6.20 Å². The average molecular weight is 414 g/mol. The predicted molar refractivity (Wildman–Crippen MR) is 120 cm³/mol. The lowest BCUT2D eigenvalue weighted by Crippen LogP contribution is -2.42. The first kappa shape index (κ1) is 19.5. The summed E-state index contributed by atoms with van der Waals surface area (Å²) in [4.78, 5) is 28.0. The van der Waals surface area contributed by atoms with E-state index in [1.807, 2.05) is 46.8 Å². The minimum atomic E-state index is 0.0239. The first-order chi connectivity index (χ1) is 15.2. The van der Waals surface area contributed by atoms with Crippen molar-refractivity contribution in [3.05, 3.63) is 89.9 Å². The van der Waals surface area contributed by atoms with Crippen LogP contribution in [0.2, 0.25) is 0 Å². The van der Waals surface area contributed by atoms with E-state index in [9.17, 15) is 4.79 Å². The van der Waals surface area contributed by atoms with Gasteiger partial charge in [-0.05, 0) is 56.2 Å². The number of imidazole rings is 2. The summed E-state index contributed by atoms with van der Waals surface area (Å²) in [5.41, 5.74) is 3.61. The smallest absolute Gasteiger partial charge is 0.273 e. The molecule has 6 heteroatoms. The second kappa shape index (κ2) is 8.38. The highest BCUT2D eigenvalue weighted by Gasteiger charge is 2.32. The topological polar surface area (TPSA) is 66.3 Å². The number of hydrogen-bond acceptors (Lipinski definition) is 3. The Balaban J connectivity index is 1.42. The number of hydrogen-bond donors (Lipinski definition) is 1. The van der Waals surface area contributed by atoms with E-state index in [4.69, 9.17) is 0 Å². The van der Waals surface area contributed by atoms with Crippen molar-refractivity contribution in [2.24, 2.45) is 0 Å². The van der Waals surface area contributed by atoms with Gasteiger partial charge in [-0.15, -0.1) is 0 Å². The maximum atomic E-state index is 13.8. The largest absolute Gasteiger partial charge is 0.347 e. The third-order valence-corrected chi connectivity index (χ3v) is 6.45. The van der Waals surface area contributed by atoms with Crippen molar-refractivity contribution in [2.75, 3.05) is 0 Å². The molecule has 1 N–H and O–H groups in total. The number of pyridine rings is 1. The van der Waals surface area contributed by atoms with Crippen LogP contribution in [0, 0.1) is 6.92 Å². The number of aryl methyl sites for hydroxylation is 1. The Morgan fingerprint density at radius 3 is 2.61 bits per heavy atom. The molecular formula is C25H27N5O. The van der Waals surface area contributed by atoms with Crippen LogP contribution in [-0.2, 0) is 6.54 Å². The summed E-state index contributed by atoms with van der Waals surface area (Å²) in [6, 6.07) is 16.7. The molecule has 1 fully saturated rings. The number of aromatic nitrogens is 4. The number of H-pyrrole nitrogens is 1. The minimum Gasteiger partial charge on any atom is -0.347 e. The fourth-order valence-electron chi connectivity index (χ4n) is 4.87. The maximum absolute atomic E-state index is 13.8. The number of nitrogens with one attached hydrogen (secondary N) is 1. The van der Waals surface area contributed by atoms with E-state index in [2.05, 4.69) is 45.3 Å². The van der Waals surface area contributed by atoms with E-state index in [-0.39, 0.29) is 11.9 Å². The third kappa shape index (κ3) is 3.85. The molecule has 0 bridgehead atoms. The maximum Gasteiger partial charge on any atom is 0.273 e. The number of rotatable bonds is 5. The molecule has 0 aliphatic heterocycles. The Morgan fingerprint density at radius 2 is 1.87 bits per heavy atom. The lowest BCUT2D eigenvalue weighted by Gasteiger charge is -2.36. The van der Waals surface area contributed by atoms with Gasteiger partial charge >= 0.3 is 0 Å². The molecule has 1 aliphatic rings. The number of amides is 1. The second-order valence-corrected chi connectivity index (χ2v) is 8.36. The molecule has 31 heavy (non-hydrogen) atoms. The fraction of sp³-hybridized carbons (Fsp3) is 0.320. The molecule has 1 amide bonds. The Hall–Kier alpha value is -3.41. The fourth-order valence-corrected chi connectivity index (χ4v) is 4.87. The third-order valence-electron chi connectivity index (χ3n) is 6.45. The van der Waals surface area contributed by atoms with E-state index in [0.717, 1.165) is 42.8 Å². The number of nitrogens with zero attached hydrogens (tertiary/aromatic N) is 4. The van der Waals surface area contributed by atoms with Crippen LogP contribution in [0.25, 0.3) is 5.65 Å². The van der Waals surface area contributed by atoms with Gasteiger partial charge in [0.1, 0.15) is 17.2 Å². The summed E-state index contributed by atoms with van der Waals surface area (Å²) in [7, 11) is 0. The summed E-state index contributed by atoms with van der Waals surface area (Å²) in [5.74, 6) is 1.40. The van der Waals surface area contributed by atoms with Crippen molar-refractivity contribution in [1.29, 1.82) is 0 Å². The van der Waals surface area contributed by atoms with Crippen molar-refractivity contribution in [3.63, 3.8) is 0 Å². The van der Waals surface area contributed by atoms with E-state index in [0.29, 0.717) is 18.2 Å². The number of aromatic amines is 1. The Bertz CT molecular complexity index is 1160. The van der Waals surface area contributed by atoms with Crippen LogP contribution in [-0.4, -0.2) is 36.2 Å². The molecule has 1 aromatic carbocycles. The quantitative estimate of drug-likeness (QED) is 0.514. The van der Waals surface area contributed by atoms with E-state index < -0.39 is 0 Å². The molecule has 1 saturated carbocycles. The molecule has 0 spiro atoms. The number of carbonyl (C=O) groups excluding carboxylic acids is 1. The molecule has 6 nitrogen and oxygen atoms in total.